The van der Waals surface area contributed by atoms with Crippen molar-refractivity contribution in [2.45, 2.75) is 13.0 Å². The van der Waals surface area contributed by atoms with E-state index in [-0.39, 0.29) is 16.7 Å². The number of rotatable bonds is 4. The van der Waals surface area contributed by atoms with Crippen LogP contribution in [0.25, 0.3) is 0 Å². The smallest absolute Gasteiger partial charge is 0.293 e. The van der Waals surface area contributed by atoms with Gasteiger partial charge in [0.15, 0.2) is 0 Å². The molecule has 0 saturated heterocycles. The van der Waals surface area contributed by atoms with Crippen LogP contribution in [0.3, 0.4) is 0 Å². The monoisotopic (exact) mass is 326 g/mol. The maximum Gasteiger partial charge on any atom is 0.293 e. The highest BCUT2D eigenvalue weighted by atomic mass is 79.9. The van der Waals surface area contributed by atoms with Crippen molar-refractivity contribution in [3.63, 3.8) is 0 Å². The van der Waals surface area contributed by atoms with Gasteiger partial charge in [-0.1, -0.05) is 22.0 Å². The normalized spacial score (nSPS) is 12.1. The highest BCUT2D eigenvalue weighted by Crippen LogP contribution is 2.31. The van der Waals surface area contributed by atoms with Gasteiger partial charge in [-0.15, -0.1) is 11.3 Å². The number of hydrogen-bond acceptors (Lipinski definition) is 4. The van der Waals surface area contributed by atoms with E-state index in [4.69, 9.17) is 0 Å². The van der Waals surface area contributed by atoms with Crippen LogP contribution in [0.1, 0.15) is 17.8 Å². The minimum absolute atomic E-state index is 0.0462. The number of nitrogens with zero attached hydrogens (tertiary/aromatic N) is 1. The van der Waals surface area contributed by atoms with Gasteiger partial charge in [0, 0.05) is 15.4 Å². The van der Waals surface area contributed by atoms with Gasteiger partial charge in [0.1, 0.15) is 5.69 Å². The van der Waals surface area contributed by atoms with Gasteiger partial charge in [0.2, 0.25) is 0 Å². The molecular formula is C12H11BrN2O2S. The Bertz CT molecular complexity index is 557. The first-order chi connectivity index (χ1) is 8.58. The maximum absolute atomic E-state index is 11.0. The number of anilines is 1. The van der Waals surface area contributed by atoms with Gasteiger partial charge in [-0.05, 0) is 30.5 Å². The minimum Gasteiger partial charge on any atom is -0.372 e. The Balaban J connectivity index is 2.26. The fraction of sp³-hybridized carbons (Fsp3) is 0.167. The Kier molecular flexibility index (Phi) is 3.98. The van der Waals surface area contributed by atoms with Crippen LogP contribution in [0.15, 0.2) is 40.2 Å². The third-order valence-electron chi connectivity index (χ3n) is 2.50. The van der Waals surface area contributed by atoms with Crippen LogP contribution in [0.4, 0.5) is 11.4 Å². The van der Waals surface area contributed by atoms with E-state index in [0.29, 0.717) is 10.2 Å². The number of nitrogens with one attached hydrogen (secondary N) is 1. The zero-order valence-corrected chi connectivity index (χ0v) is 12.0. The first-order valence-electron chi connectivity index (χ1n) is 5.32. The average molecular weight is 327 g/mol. The second-order valence-electron chi connectivity index (χ2n) is 3.80. The average Bonchev–Trinajstić information content (AvgIpc) is 2.84. The summed E-state index contributed by atoms with van der Waals surface area (Å²) in [4.78, 5) is 11.8. The molecule has 0 radical (unpaired) electrons. The Morgan fingerprint density at radius 3 is 2.83 bits per heavy atom. The Morgan fingerprint density at radius 1 is 1.44 bits per heavy atom. The first kappa shape index (κ1) is 13.0. The van der Waals surface area contributed by atoms with Gasteiger partial charge >= 0.3 is 0 Å². The SMILES string of the molecule is CC(Nc1ccc(Br)cc1[N+](=O)[O-])c1cccs1. The molecule has 1 atom stereocenters. The third kappa shape index (κ3) is 2.88. The third-order valence-corrected chi connectivity index (χ3v) is 4.05. The summed E-state index contributed by atoms with van der Waals surface area (Å²) < 4.78 is 0.698. The molecule has 94 valence electrons. The predicted octanol–water partition coefficient (Wildman–Crippen LogP) is 4.59. The molecule has 1 unspecified atom stereocenters. The largest absolute Gasteiger partial charge is 0.372 e. The molecule has 0 spiro atoms. The molecule has 2 rings (SSSR count). The predicted molar refractivity (Wildman–Crippen MR) is 77.2 cm³/mol. The lowest BCUT2D eigenvalue weighted by molar-refractivity contribution is -0.384. The number of benzene rings is 1. The van der Waals surface area contributed by atoms with Gasteiger partial charge < -0.3 is 5.32 Å². The minimum atomic E-state index is -0.381. The van der Waals surface area contributed by atoms with Gasteiger partial charge in [-0.25, -0.2) is 0 Å². The molecule has 0 fully saturated rings. The molecule has 6 heteroatoms. The summed E-state index contributed by atoms with van der Waals surface area (Å²) in [6, 6.07) is 9.03. The molecule has 4 nitrogen and oxygen atoms in total. The zero-order chi connectivity index (χ0) is 13.1. The summed E-state index contributed by atoms with van der Waals surface area (Å²) in [7, 11) is 0. The van der Waals surface area contributed by atoms with Crippen molar-refractivity contribution in [2.75, 3.05) is 5.32 Å². The van der Waals surface area contributed by atoms with Gasteiger partial charge in [-0.2, -0.15) is 0 Å². The molecule has 1 N–H and O–H groups in total. The van der Waals surface area contributed by atoms with Crippen LogP contribution < -0.4 is 5.32 Å². The molecule has 0 aliphatic rings. The van der Waals surface area contributed by atoms with Crippen molar-refractivity contribution in [3.05, 3.63) is 55.2 Å². The molecule has 0 bridgehead atoms. The van der Waals surface area contributed by atoms with Crippen molar-refractivity contribution in [1.82, 2.24) is 0 Å². The lowest BCUT2D eigenvalue weighted by Gasteiger charge is -2.13. The molecule has 1 aromatic carbocycles. The fourth-order valence-electron chi connectivity index (χ4n) is 1.62. The summed E-state index contributed by atoms with van der Waals surface area (Å²) >= 11 is 4.87. The number of nitro benzene ring substituents is 1. The van der Waals surface area contributed by atoms with Gasteiger partial charge in [0.25, 0.3) is 5.69 Å². The van der Waals surface area contributed by atoms with Crippen LogP contribution in [-0.2, 0) is 0 Å². The lowest BCUT2D eigenvalue weighted by Crippen LogP contribution is -2.06. The van der Waals surface area contributed by atoms with Gasteiger partial charge in [0.05, 0.1) is 11.0 Å². The number of hydrogen-bond donors (Lipinski definition) is 1. The molecule has 0 saturated carbocycles. The second-order valence-corrected chi connectivity index (χ2v) is 5.69. The number of nitro groups is 1. The molecule has 0 aliphatic carbocycles. The van der Waals surface area contributed by atoms with E-state index >= 15 is 0 Å². The fourth-order valence-corrected chi connectivity index (χ4v) is 2.70. The summed E-state index contributed by atoms with van der Waals surface area (Å²) in [5, 5.41) is 16.1. The Morgan fingerprint density at radius 2 is 2.22 bits per heavy atom. The highest BCUT2D eigenvalue weighted by Gasteiger charge is 2.16. The second kappa shape index (κ2) is 5.49. The van der Waals surface area contributed by atoms with E-state index in [9.17, 15) is 10.1 Å². The molecule has 0 aliphatic heterocycles. The topological polar surface area (TPSA) is 55.2 Å². The van der Waals surface area contributed by atoms with Crippen LogP contribution in [0, 0.1) is 10.1 Å². The van der Waals surface area contributed by atoms with Crippen LogP contribution in [0.5, 0.6) is 0 Å². The number of halogens is 1. The molecular weight excluding hydrogens is 316 g/mol. The Hall–Kier alpha value is -1.40. The van der Waals surface area contributed by atoms with Crippen LogP contribution in [0.2, 0.25) is 0 Å². The summed E-state index contributed by atoms with van der Waals surface area (Å²) in [5.74, 6) is 0. The maximum atomic E-state index is 11.0. The van der Waals surface area contributed by atoms with Crippen LogP contribution >= 0.6 is 27.3 Å². The lowest BCUT2D eigenvalue weighted by atomic mass is 10.2. The molecule has 1 heterocycles. The quantitative estimate of drug-likeness (QED) is 0.660. The molecule has 0 amide bonds. The van der Waals surface area contributed by atoms with E-state index < -0.39 is 0 Å². The summed E-state index contributed by atoms with van der Waals surface area (Å²) in [6.07, 6.45) is 0. The molecule has 18 heavy (non-hydrogen) atoms. The Labute approximate surface area is 117 Å². The van der Waals surface area contributed by atoms with E-state index in [0.717, 1.165) is 4.88 Å². The van der Waals surface area contributed by atoms with Crippen molar-refractivity contribution >= 4 is 38.6 Å². The van der Waals surface area contributed by atoms with E-state index in [1.807, 2.05) is 24.4 Å². The van der Waals surface area contributed by atoms with E-state index in [2.05, 4.69) is 21.2 Å². The van der Waals surface area contributed by atoms with E-state index in [1.165, 1.54) is 6.07 Å². The molecule has 2 aromatic rings. The first-order valence-corrected chi connectivity index (χ1v) is 6.99. The van der Waals surface area contributed by atoms with Crippen LogP contribution in [-0.4, -0.2) is 4.92 Å². The van der Waals surface area contributed by atoms with Gasteiger partial charge in [-0.3, -0.25) is 10.1 Å². The highest BCUT2D eigenvalue weighted by molar-refractivity contribution is 9.10. The van der Waals surface area contributed by atoms with Crippen molar-refractivity contribution in [2.24, 2.45) is 0 Å². The zero-order valence-electron chi connectivity index (χ0n) is 9.59. The number of thiophene rings is 1. The standard InChI is InChI=1S/C12H11BrN2O2S/c1-8(12-3-2-6-18-12)14-10-5-4-9(13)7-11(10)15(16)17/h2-8,14H,1H3. The van der Waals surface area contributed by atoms with E-state index in [1.54, 1.807) is 23.5 Å². The molecule has 1 aromatic heterocycles. The summed E-state index contributed by atoms with van der Waals surface area (Å²) in [5.41, 5.74) is 0.608. The van der Waals surface area contributed by atoms with Crippen molar-refractivity contribution < 1.29 is 4.92 Å². The van der Waals surface area contributed by atoms with Crippen molar-refractivity contribution in [3.8, 4) is 0 Å². The van der Waals surface area contributed by atoms with Crippen molar-refractivity contribution in [1.29, 1.82) is 0 Å². The summed E-state index contributed by atoms with van der Waals surface area (Å²) in [6.45, 7) is 1.98.